The van der Waals surface area contributed by atoms with Crippen LogP contribution in [0.4, 0.5) is 0 Å². The summed E-state index contributed by atoms with van der Waals surface area (Å²) < 4.78 is 19.9. The smallest absolute Gasteiger partial charge is 0.339 e. The van der Waals surface area contributed by atoms with Crippen LogP contribution in [-0.2, 0) is 15.5 Å². The number of benzene rings is 3. The lowest BCUT2D eigenvalue weighted by Crippen LogP contribution is -2.36. The number of carbonyl (C=O) groups is 1. The van der Waals surface area contributed by atoms with Crippen LogP contribution in [0.25, 0.3) is 10.8 Å². The maximum Gasteiger partial charge on any atom is 0.339 e. The molecular formula is C28H32O3S. The van der Waals surface area contributed by atoms with Gasteiger partial charge in [-0.1, -0.05) is 75.2 Å². The second-order valence-corrected chi connectivity index (χ2v) is 10.9. The molecule has 1 unspecified atom stereocenters. The van der Waals surface area contributed by atoms with Crippen molar-refractivity contribution in [3.8, 4) is 0 Å². The van der Waals surface area contributed by atoms with Gasteiger partial charge in [-0.25, -0.2) is 9.00 Å². The van der Waals surface area contributed by atoms with Crippen molar-refractivity contribution in [2.45, 2.75) is 62.9 Å². The third-order valence-electron chi connectivity index (χ3n) is 6.74. The van der Waals surface area contributed by atoms with Crippen molar-refractivity contribution in [2.75, 3.05) is 0 Å². The van der Waals surface area contributed by atoms with Gasteiger partial charge in [0.15, 0.2) is 0 Å². The van der Waals surface area contributed by atoms with Crippen LogP contribution in [0.15, 0.2) is 70.5 Å². The molecule has 1 fully saturated rings. The number of fused-ring (bicyclic) bond motifs is 1. The van der Waals surface area contributed by atoms with E-state index in [-0.39, 0.29) is 12.1 Å². The molecule has 1 aliphatic carbocycles. The highest BCUT2D eigenvalue weighted by atomic mass is 32.2. The Balaban J connectivity index is 1.75. The molecule has 0 aromatic heterocycles. The summed E-state index contributed by atoms with van der Waals surface area (Å²) in [6, 6.07) is 19.2. The van der Waals surface area contributed by atoms with Crippen LogP contribution in [0.2, 0.25) is 0 Å². The van der Waals surface area contributed by atoms with Gasteiger partial charge >= 0.3 is 5.97 Å². The average molecular weight is 449 g/mol. The summed E-state index contributed by atoms with van der Waals surface area (Å²) in [5.74, 6) is 0.997. The van der Waals surface area contributed by atoms with E-state index in [0.29, 0.717) is 33.1 Å². The Morgan fingerprint density at radius 1 is 1.00 bits per heavy atom. The van der Waals surface area contributed by atoms with E-state index in [2.05, 4.69) is 20.8 Å². The van der Waals surface area contributed by atoms with E-state index in [1.54, 1.807) is 6.07 Å². The first kappa shape index (κ1) is 22.7. The SMILES string of the molecule is Cc1ccc(S(=O)c2c(C(=O)O[C@@H]3C[C@H](C)CC[C@H]3C(C)C)ccc3ccccc23)cc1. The molecule has 0 radical (unpaired) electrons. The van der Waals surface area contributed by atoms with Crippen molar-refractivity contribution in [1.29, 1.82) is 0 Å². The summed E-state index contributed by atoms with van der Waals surface area (Å²) in [6.45, 7) is 8.64. The van der Waals surface area contributed by atoms with Crippen LogP contribution in [0.5, 0.6) is 0 Å². The normalized spacial score (nSPS) is 22.1. The Hall–Kier alpha value is -2.46. The van der Waals surface area contributed by atoms with Gasteiger partial charge in [0.25, 0.3) is 0 Å². The molecule has 3 aromatic carbocycles. The van der Waals surface area contributed by atoms with E-state index in [0.717, 1.165) is 29.2 Å². The van der Waals surface area contributed by atoms with Crippen LogP contribution in [0.3, 0.4) is 0 Å². The van der Waals surface area contributed by atoms with Crippen molar-refractivity contribution in [3.05, 3.63) is 71.8 Å². The van der Waals surface area contributed by atoms with Crippen molar-refractivity contribution in [2.24, 2.45) is 17.8 Å². The fourth-order valence-corrected chi connectivity index (χ4v) is 6.19. The summed E-state index contributed by atoms with van der Waals surface area (Å²) >= 11 is 0. The number of ether oxygens (including phenoxy) is 1. The predicted octanol–water partition coefficient (Wildman–Crippen LogP) is 6.93. The van der Waals surface area contributed by atoms with Crippen LogP contribution in [0.1, 0.15) is 56.0 Å². The summed E-state index contributed by atoms with van der Waals surface area (Å²) in [4.78, 5) is 14.7. The van der Waals surface area contributed by atoms with E-state index in [4.69, 9.17) is 4.74 Å². The summed E-state index contributed by atoms with van der Waals surface area (Å²) in [5, 5.41) is 1.80. The van der Waals surface area contributed by atoms with Crippen molar-refractivity contribution >= 4 is 27.5 Å². The van der Waals surface area contributed by atoms with Gasteiger partial charge in [0, 0.05) is 4.90 Å². The van der Waals surface area contributed by atoms with E-state index >= 15 is 0 Å². The molecule has 4 heteroatoms. The maximum atomic E-state index is 13.7. The summed E-state index contributed by atoms with van der Waals surface area (Å²) in [5.41, 5.74) is 1.51. The Morgan fingerprint density at radius 3 is 2.44 bits per heavy atom. The number of hydrogen-bond acceptors (Lipinski definition) is 3. The van der Waals surface area contributed by atoms with Gasteiger partial charge in [0.05, 0.1) is 21.3 Å². The van der Waals surface area contributed by atoms with Crippen LogP contribution >= 0.6 is 0 Å². The third kappa shape index (κ3) is 4.66. The molecule has 0 amide bonds. The van der Waals surface area contributed by atoms with Gasteiger partial charge in [-0.2, -0.15) is 0 Å². The minimum absolute atomic E-state index is 0.0987. The molecule has 1 aliphatic rings. The molecule has 0 saturated heterocycles. The number of hydrogen-bond donors (Lipinski definition) is 0. The first-order chi connectivity index (χ1) is 15.3. The average Bonchev–Trinajstić information content (AvgIpc) is 2.78. The molecule has 0 spiro atoms. The highest BCUT2D eigenvalue weighted by Crippen LogP contribution is 2.37. The van der Waals surface area contributed by atoms with E-state index < -0.39 is 10.8 Å². The fourth-order valence-electron chi connectivity index (χ4n) is 4.83. The van der Waals surface area contributed by atoms with Gasteiger partial charge < -0.3 is 4.74 Å². The Bertz CT molecular complexity index is 1130. The zero-order chi connectivity index (χ0) is 22.8. The second kappa shape index (κ2) is 9.58. The quantitative estimate of drug-likeness (QED) is 0.397. The van der Waals surface area contributed by atoms with Crippen molar-refractivity contribution in [1.82, 2.24) is 0 Å². The molecule has 0 aliphatic heterocycles. The topological polar surface area (TPSA) is 43.4 Å². The van der Waals surface area contributed by atoms with E-state index in [1.807, 2.05) is 61.5 Å². The molecule has 0 heterocycles. The molecule has 0 N–H and O–H groups in total. The Morgan fingerprint density at radius 2 is 1.72 bits per heavy atom. The van der Waals surface area contributed by atoms with Crippen LogP contribution in [0, 0.1) is 24.7 Å². The van der Waals surface area contributed by atoms with Gasteiger partial charge in [-0.05, 0) is 66.5 Å². The number of rotatable bonds is 5. The van der Waals surface area contributed by atoms with Gasteiger partial charge in [-0.15, -0.1) is 0 Å². The molecule has 4 rings (SSSR count). The lowest BCUT2D eigenvalue weighted by atomic mass is 9.75. The monoisotopic (exact) mass is 448 g/mol. The van der Waals surface area contributed by atoms with Gasteiger partial charge in [0.1, 0.15) is 6.10 Å². The summed E-state index contributed by atoms with van der Waals surface area (Å²) in [7, 11) is -1.49. The molecule has 1 saturated carbocycles. The Kier molecular flexibility index (Phi) is 6.80. The zero-order valence-corrected chi connectivity index (χ0v) is 20.2. The number of esters is 1. The van der Waals surface area contributed by atoms with Crippen LogP contribution in [-0.4, -0.2) is 16.3 Å². The molecule has 3 nitrogen and oxygen atoms in total. The van der Waals surface area contributed by atoms with Crippen molar-refractivity contribution in [3.63, 3.8) is 0 Å². The first-order valence-electron chi connectivity index (χ1n) is 11.6. The fraction of sp³-hybridized carbons (Fsp3) is 0.393. The van der Waals surface area contributed by atoms with E-state index in [9.17, 15) is 9.00 Å². The number of carbonyl (C=O) groups excluding carboxylic acids is 1. The molecule has 0 bridgehead atoms. The molecule has 4 atom stereocenters. The highest BCUT2D eigenvalue weighted by molar-refractivity contribution is 7.85. The third-order valence-corrected chi connectivity index (χ3v) is 8.25. The number of aryl methyl sites for hydroxylation is 1. The Labute approximate surface area is 193 Å². The zero-order valence-electron chi connectivity index (χ0n) is 19.3. The standard InChI is InChI=1S/C28H32O3S/c1-18(2)23-15-11-20(4)17-26(23)31-28(29)25-16-12-21-7-5-6-8-24(21)27(25)32(30)22-13-9-19(3)10-14-22/h5-10,12-14,16,18,20,23,26H,11,15,17H2,1-4H3/t20-,23+,26-,32?/m1/s1. The highest BCUT2D eigenvalue weighted by Gasteiger charge is 2.34. The minimum atomic E-state index is -1.49. The minimum Gasteiger partial charge on any atom is -0.458 e. The van der Waals surface area contributed by atoms with Gasteiger partial charge in [0.2, 0.25) is 0 Å². The molecule has 3 aromatic rings. The lowest BCUT2D eigenvalue weighted by Gasteiger charge is -2.36. The largest absolute Gasteiger partial charge is 0.458 e. The lowest BCUT2D eigenvalue weighted by molar-refractivity contribution is -0.0176. The van der Waals surface area contributed by atoms with Crippen molar-refractivity contribution < 1.29 is 13.7 Å². The molecule has 168 valence electrons. The second-order valence-electron chi connectivity index (χ2n) is 9.52. The predicted molar refractivity (Wildman–Crippen MR) is 130 cm³/mol. The molecular weight excluding hydrogens is 416 g/mol. The van der Waals surface area contributed by atoms with Crippen LogP contribution < -0.4 is 0 Å². The summed E-state index contributed by atoms with van der Waals surface area (Å²) in [6.07, 6.45) is 3.04. The van der Waals surface area contributed by atoms with E-state index in [1.165, 1.54) is 6.42 Å². The first-order valence-corrected chi connectivity index (χ1v) is 12.7. The van der Waals surface area contributed by atoms with Gasteiger partial charge in [-0.3, -0.25) is 0 Å². The molecule has 32 heavy (non-hydrogen) atoms. The maximum absolute atomic E-state index is 13.7.